The van der Waals surface area contributed by atoms with Gasteiger partial charge >= 0.3 is 0 Å². The maximum atomic E-state index is 12.7. The summed E-state index contributed by atoms with van der Waals surface area (Å²) in [6.45, 7) is 0. The third-order valence-electron chi connectivity index (χ3n) is 4.47. The van der Waals surface area contributed by atoms with Gasteiger partial charge in [0.1, 0.15) is 12.1 Å². The molecule has 1 amide bonds. The first-order chi connectivity index (χ1) is 14.7. The molecule has 2 heterocycles. The van der Waals surface area contributed by atoms with E-state index in [1.54, 1.807) is 24.8 Å². The first kappa shape index (κ1) is 20.2. The van der Waals surface area contributed by atoms with E-state index in [1.165, 1.54) is 11.8 Å². The van der Waals surface area contributed by atoms with Crippen LogP contribution >= 0.6 is 23.1 Å². The molecule has 0 saturated carbocycles. The third-order valence-corrected chi connectivity index (χ3v) is 6.35. The van der Waals surface area contributed by atoms with Crippen molar-refractivity contribution in [3.8, 4) is 11.4 Å². The molecule has 1 unspecified atom stereocenters. The molecule has 4 aromatic rings. The van der Waals surface area contributed by atoms with Gasteiger partial charge in [-0.15, -0.1) is 21.5 Å². The van der Waals surface area contributed by atoms with Crippen molar-refractivity contribution >= 4 is 29.0 Å². The molecule has 8 heteroatoms. The average Bonchev–Trinajstić information content (AvgIpc) is 3.49. The summed E-state index contributed by atoms with van der Waals surface area (Å²) in [5.74, 6) is 0.955. The monoisotopic (exact) mass is 436 g/mol. The number of hydrogen-bond acceptors (Lipinski definition) is 6. The van der Waals surface area contributed by atoms with Gasteiger partial charge in [0.05, 0.1) is 18.9 Å². The molecule has 0 spiro atoms. The van der Waals surface area contributed by atoms with E-state index in [9.17, 15) is 4.79 Å². The summed E-state index contributed by atoms with van der Waals surface area (Å²) in [6.07, 6.45) is 1.64. The fourth-order valence-electron chi connectivity index (χ4n) is 3.00. The van der Waals surface area contributed by atoms with Crippen LogP contribution in [0.4, 0.5) is 0 Å². The number of rotatable bonds is 8. The van der Waals surface area contributed by atoms with E-state index in [0.29, 0.717) is 5.16 Å². The van der Waals surface area contributed by atoms with Crippen molar-refractivity contribution in [2.75, 3.05) is 12.9 Å². The topological polar surface area (TPSA) is 69.0 Å². The van der Waals surface area contributed by atoms with Crippen LogP contribution < -0.4 is 10.1 Å². The smallest absolute Gasteiger partial charge is 0.231 e. The number of amides is 1. The fourth-order valence-corrected chi connectivity index (χ4v) is 4.54. The largest absolute Gasteiger partial charge is 0.497 e. The normalized spacial score (nSPS) is 11.8. The van der Waals surface area contributed by atoms with Gasteiger partial charge in [-0.3, -0.25) is 9.36 Å². The molecule has 0 saturated heterocycles. The lowest BCUT2D eigenvalue weighted by molar-refractivity contribution is -0.119. The molecule has 152 valence electrons. The van der Waals surface area contributed by atoms with Gasteiger partial charge in [0, 0.05) is 10.6 Å². The molecule has 0 radical (unpaired) electrons. The second-order valence-corrected chi connectivity index (χ2v) is 8.32. The maximum absolute atomic E-state index is 12.7. The lowest BCUT2D eigenvalue weighted by atomic mass is 10.1. The Morgan fingerprint density at radius 3 is 2.63 bits per heavy atom. The molecule has 1 N–H and O–H groups in total. The number of hydrogen-bond donors (Lipinski definition) is 1. The first-order valence-electron chi connectivity index (χ1n) is 9.29. The van der Waals surface area contributed by atoms with Crippen LogP contribution in [0.5, 0.6) is 5.75 Å². The number of nitrogens with zero attached hydrogens (tertiary/aromatic N) is 3. The Morgan fingerprint density at radius 1 is 1.13 bits per heavy atom. The van der Waals surface area contributed by atoms with Crippen LogP contribution in [0.1, 0.15) is 16.5 Å². The molecule has 6 nitrogen and oxygen atoms in total. The molecule has 2 aromatic carbocycles. The predicted molar refractivity (Wildman–Crippen MR) is 119 cm³/mol. The quantitative estimate of drug-likeness (QED) is 0.416. The van der Waals surface area contributed by atoms with Gasteiger partial charge in [-0.2, -0.15) is 0 Å². The third kappa shape index (κ3) is 4.72. The van der Waals surface area contributed by atoms with Crippen molar-refractivity contribution in [2.24, 2.45) is 0 Å². The first-order valence-corrected chi connectivity index (χ1v) is 11.2. The van der Waals surface area contributed by atoms with Gasteiger partial charge in [-0.1, -0.05) is 48.2 Å². The molecule has 0 aliphatic rings. The number of benzene rings is 2. The molecule has 4 rings (SSSR count). The molecule has 0 bridgehead atoms. The van der Waals surface area contributed by atoms with Crippen LogP contribution in [0, 0.1) is 0 Å². The molecule has 1 atom stereocenters. The summed E-state index contributed by atoms with van der Waals surface area (Å²) in [5, 5.41) is 14.0. The number of methoxy groups -OCH3 is 1. The number of nitrogens with one attached hydrogen (secondary N) is 1. The molecule has 0 aliphatic heterocycles. The Bertz CT molecular complexity index is 1080. The Morgan fingerprint density at radius 2 is 1.93 bits per heavy atom. The van der Waals surface area contributed by atoms with Gasteiger partial charge < -0.3 is 10.1 Å². The highest BCUT2D eigenvalue weighted by Crippen LogP contribution is 2.27. The second kappa shape index (κ2) is 9.60. The van der Waals surface area contributed by atoms with Crippen LogP contribution in [0.25, 0.3) is 5.69 Å². The van der Waals surface area contributed by atoms with E-state index < -0.39 is 0 Å². The highest BCUT2D eigenvalue weighted by atomic mass is 32.2. The average molecular weight is 437 g/mol. The van der Waals surface area contributed by atoms with Gasteiger partial charge in [0.2, 0.25) is 5.91 Å². The number of aromatic nitrogens is 3. The number of ether oxygens (including phenoxy) is 1. The lowest BCUT2D eigenvalue weighted by Crippen LogP contribution is -2.30. The Balaban J connectivity index is 1.44. The van der Waals surface area contributed by atoms with E-state index in [1.807, 2.05) is 76.7 Å². The van der Waals surface area contributed by atoms with Crippen LogP contribution in [0.3, 0.4) is 0 Å². The van der Waals surface area contributed by atoms with Crippen LogP contribution in [0.2, 0.25) is 0 Å². The lowest BCUT2D eigenvalue weighted by Gasteiger charge is -2.18. The van der Waals surface area contributed by atoms with Crippen molar-refractivity contribution in [3.63, 3.8) is 0 Å². The van der Waals surface area contributed by atoms with Crippen molar-refractivity contribution in [3.05, 3.63) is 88.9 Å². The zero-order chi connectivity index (χ0) is 20.8. The molecule has 0 aliphatic carbocycles. The SMILES string of the molecule is COc1ccc(-n2cnnc2SCC(=O)NC(c2ccccc2)c2cccs2)cc1. The molecule has 30 heavy (non-hydrogen) atoms. The maximum Gasteiger partial charge on any atom is 0.231 e. The summed E-state index contributed by atoms with van der Waals surface area (Å²) >= 11 is 2.98. The van der Waals surface area contributed by atoms with Crippen LogP contribution in [0.15, 0.2) is 83.6 Å². The standard InChI is InChI=1S/C22H20N4O2S2/c1-28-18-11-9-17(10-12-18)26-15-23-25-22(26)30-14-20(27)24-21(19-8-5-13-29-19)16-6-3-2-4-7-16/h2-13,15,21H,14H2,1H3,(H,24,27). The van der Waals surface area contributed by atoms with Crippen molar-refractivity contribution in [2.45, 2.75) is 11.2 Å². The minimum absolute atomic E-state index is 0.0634. The highest BCUT2D eigenvalue weighted by molar-refractivity contribution is 7.99. The Labute approximate surface area is 182 Å². The van der Waals surface area contributed by atoms with Gasteiger partial charge in [-0.25, -0.2) is 0 Å². The summed E-state index contributed by atoms with van der Waals surface area (Å²) in [7, 11) is 1.63. The molecular formula is C22H20N4O2S2. The van der Waals surface area contributed by atoms with Crippen molar-refractivity contribution in [1.29, 1.82) is 0 Å². The molecule has 0 fully saturated rings. The van der Waals surface area contributed by atoms with Crippen LogP contribution in [-0.4, -0.2) is 33.5 Å². The number of thioether (sulfide) groups is 1. The van der Waals surface area contributed by atoms with Gasteiger partial charge in [-0.05, 0) is 41.3 Å². The summed E-state index contributed by atoms with van der Waals surface area (Å²) in [6, 6.07) is 21.5. The summed E-state index contributed by atoms with van der Waals surface area (Å²) < 4.78 is 7.05. The van der Waals surface area contributed by atoms with Crippen molar-refractivity contribution < 1.29 is 9.53 Å². The van der Waals surface area contributed by atoms with E-state index in [0.717, 1.165) is 21.9 Å². The molecular weight excluding hydrogens is 416 g/mol. The molecule has 2 aromatic heterocycles. The number of thiophene rings is 1. The summed E-state index contributed by atoms with van der Waals surface area (Å²) in [4.78, 5) is 13.8. The minimum Gasteiger partial charge on any atom is -0.497 e. The van der Waals surface area contributed by atoms with E-state index in [4.69, 9.17) is 4.74 Å². The Hall–Kier alpha value is -3.10. The highest BCUT2D eigenvalue weighted by Gasteiger charge is 2.18. The van der Waals surface area contributed by atoms with E-state index >= 15 is 0 Å². The zero-order valence-corrected chi connectivity index (χ0v) is 17.9. The number of carbonyl (C=O) groups is 1. The van der Waals surface area contributed by atoms with E-state index in [2.05, 4.69) is 15.5 Å². The van der Waals surface area contributed by atoms with Crippen LogP contribution in [-0.2, 0) is 4.79 Å². The minimum atomic E-state index is -0.168. The fraction of sp³-hybridized carbons (Fsp3) is 0.136. The van der Waals surface area contributed by atoms with E-state index in [-0.39, 0.29) is 17.7 Å². The van der Waals surface area contributed by atoms with Gasteiger partial charge in [0.25, 0.3) is 0 Å². The number of carbonyl (C=O) groups excluding carboxylic acids is 1. The Kier molecular flexibility index (Phi) is 6.46. The zero-order valence-electron chi connectivity index (χ0n) is 16.3. The summed E-state index contributed by atoms with van der Waals surface area (Å²) in [5.41, 5.74) is 1.96. The van der Waals surface area contributed by atoms with Gasteiger partial charge in [0.15, 0.2) is 5.16 Å². The predicted octanol–water partition coefficient (Wildman–Crippen LogP) is 4.34. The second-order valence-electron chi connectivity index (χ2n) is 6.40. The van der Waals surface area contributed by atoms with Crippen molar-refractivity contribution in [1.82, 2.24) is 20.1 Å².